The summed E-state index contributed by atoms with van der Waals surface area (Å²) in [4.78, 5) is 5.75. The summed E-state index contributed by atoms with van der Waals surface area (Å²) in [5.41, 5.74) is -0.143. The summed E-state index contributed by atoms with van der Waals surface area (Å²) >= 11 is 1.79. The lowest BCUT2D eigenvalue weighted by Crippen LogP contribution is -2.38. The summed E-state index contributed by atoms with van der Waals surface area (Å²) < 4.78 is 6.25. The van der Waals surface area contributed by atoms with E-state index in [9.17, 15) is 0 Å². The Morgan fingerprint density at radius 3 is 2.58 bits per heavy atom. The minimum absolute atomic E-state index is 0.0401. The van der Waals surface area contributed by atoms with Crippen LogP contribution in [0.25, 0.3) is 0 Å². The van der Waals surface area contributed by atoms with Gasteiger partial charge in [0.1, 0.15) is 0 Å². The highest BCUT2D eigenvalue weighted by molar-refractivity contribution is 7.11. The zero-order valence-electron chi connectivity index (χ0n) is 12.9. The molecule has 0 spiro atoms. The van der Waals surface area contributed by atoms with Crippen molar-refractivity contribution in [2.24, 2.45) is 5.92 Å². The van der Waals surface area contributed by atoms with Crippen LogP contribution in [0.1, 0.15) is 57.0 Å². The van der Waals surface area contributed by atoms with Crippen LogP contribution >= 0.6 is 11.3 Å². The third kappa shape index (κ3) is 3.18. The molecule has 1 saturated heterocycles. The van der Waals surface area contributed by atoms with Crippen molar-refractivity contribution in [1.29, 1.82) is 0 Å². The third-order valence-corrected chi connectivity index (χ3v) is 4.91. The maximum atomic E-state index is 6.25. The lowest BCUT2D eigenvalue weighted by atomic mass is 9.81. The highest BCUT2D eigenvalue weighted by Crippen LogP contribution is 2.48. The van der Waals surface area contributed by atoms with Gasteiger partial charge in [-0.1, -0.05) is 6.92 Å². The molecule has 0 radical (unpaired) electrons. The van der Waals surface area contributed by atoms with E-state index in [-0.39, 0.29) is 11.2 Å². The first kappa shape index (κ1) is 14.9. The highest BCUT2D eigenvalue weighted by atomic mass is 32.1. The molecule has 0 bridgehead atoms. The van der Waals surface area contributed by atoms with E-state index in [0.29, 0.717) is 12.0 Å². The molecule has 19 heavy (non-hydrogen) atoms. The van der Waals surface area contributed by atoms with Crippen LogP contribution in [-0.2, 0) is 4.74 Å². The molecule has 1 aliphatic rings. The van der Waals surface area contributed by atoms with Crippen LogP contribution in [0.4, 0.5) is 0 Å². The Morgan fingerprint density at radius 1 is 1.47 bits per heavy atom. The van der Waals surface area contributed by atoms with E-state index < -0.39 is 0 Å². The summed E-state index contributed by atoms with van der Waals surface area (Å²) in [6.07, 6.45) is 3.10. The molecule has 2 atom stereocenters. The summed E-state index contributed by atoms with van der Waals surface area (Å²) in [5, 5.41) is 4.77. The van der Waals surface area contributed by atoms with E-state index in [1.165, 1.54) is 4.88 Å². The first-order valence-corrected chi connectivity index (χ1v) is 7.93. The number of nitrogens with one attached hydrogen (secondary N) is 1. The van der Waals surface area contributed by atoms with E-state index in [1.54, 1.807) is 11.3 Å². The SMILES string of the molecule is CCNC(c1cnc(C)s1)C1CC(C)(C)OC1(C)C. The zero-order chi connectivity index (χ0) is 14.3. The van der Waals surface area contributed by atoms with Crippen LogP contribution < -0.4 is 5.32 Å². The molecule has 1 aromatic rings. The van der Waals surface area contributed by atoms with E-state index >= 15 is 0 Å². The van der Waals surface area contributed by atoms with Crippen molar-refractivity contribution in [3.63, 3.8) is 0 Å². The Labute approximate surface area is 120 Å². The van der Waals surface area contributed by atoms with Crippen molar-refractivity contribution < 1.29 is 4.74 Å². The van der Waals surface area contributed by atoms with Crippen molar-refractivity contribution in [2.45, 2.75) is 65.2 Å². The van der Waals surface area contributed by atoms with E-state index in [1.807, 2.05) is 6.20 Å². The summed E-state index contributed by atoms with van der Waals surface area (Å²) in [6, 6.07) is 0.341. The molecule has 0 amide bonds. The Morgan fingerprint density at radius 2 is 2.16 bits per heavy atom. The molecule has 1 N–H and O–H groups in total. The molecule has 2 unspecified atom stereocenters. The average molecular weight is 282 g/mol. The fraction of sp³-hybridized carbons (Fsp3) is 0.800. The number of thiazole rings is 1. The van der Waals surface area contributed by atoms with Crippen LogP contribution in [0.2, 0.25) is 0 Å². The quantitative estimate of drug-likeness (QED) is 0.914. The summed E-state index contributed by atoms with van der Waals surface area (Å²) in [7, 11) is 0. The summed E-state index contributed by atoms with van der Waals surface area (Å²) in [6.45, 7) is 14.0. The van der Waals surface area contributed by atoms with Gasteiger partial charge in [-0.2, -0.15) is 0 Å². The Hall–Kier alpha value is -0.450. The van der Waals surface area contributed by atoms with Crippen LogP contribution in [0, 0.1) is 12.8 Å². The second-order valence-corrected chi connectivity index (χ2v) is 7.86. The molecule has 2 heterocycles. The minimum atomic E-state index is -0.103. The number of aryl methyl sites for hydroxylation is 1. The minimum Gasteiger partial charge on any atom is -0.369 e. The topological polar surface area (TPSA) is 34.2 Å². The Bertz CT molecular complexity index is 439. The number of ether oxygens (including phenoxy) is 1. The van der Waals surface area contributed by atoms with Gasteiger partial charge in [0.2, 0.25) is 0 Å². The van der Waals surface area contributed by atoms with Crippen LogP contribution in [0.15, 0.2) is 6.20 Å². The van der Waals surface area contributed by atoms with Gasteiger partial charge in [0.25, 0.3) is 0 Å². The highest BCUT2D eigenvalue weighted by Gasteiger charge is 2.49. The Kier molecular flexibility index (Phi) is 4.05. The lowest BCUT2D eigenvalue weighted by molar-refractivity contribution is -0.0777. The zero-order valence-corrected chi connectivity index (χ0v) is 13.7. The van der Waals surface area contributed by atoms with E-state index in [2.05, 4.69) is 51.8 Å². The fourth-order valence-corrected chi connectivity index (χ4v) is 4.23. The number of hydrogen-bond acceptors (Lipinski definition) is 4. The van der Waals surface area contributed by atoms with Gasteiger partial charge < -0.3 is 10.1 Å². The third-order valence-electron chi connectivity index (χ3n) is 3.92. The average Bonchev–Trinajstić information content (AvgIpc) is 2.76. The lowest BCUT2D eigenvalue weighted by Gasteiger charge is -2.32. The maximum Gasteiger partial charge on any atom is 0.0897 e. The molecule has 1 aliphatic heterocycles. The molecule has 1 aromatic heterocycles. The first-order valence-electron chi connectivity index (χ1n) is 7.11. The molecule has 0 saturated carbocycles. The van der Waals surface area contributed by atoms with Crippen LogP contribution in [0.5, 0.6) is 0 Å². The number of nitrogens with zero attached hydrogens (tertiary/aromatic N) is 1. The van der Waals surface area contributed by atoms with Gasteiger partial charge in [0.15, 0.2) is 0 Å². The molecule has 0 aliphatic carbocycles. The first-order chi connectivity index (χ1) is 8.75. The smallest absolute Gasteiger partial charge is 0.0897 e. The maximum absolute atomic E-state index is 6.25. The Balaban J connectivity index is 2.29. The number of aromatic nitrogens is 1. The van der Waals surface area contributed by atoms with Gasteiger partial charge in [0.05, 0.1) is 16.2 Å². The normalized spacial score (nSPS) is 26.5. The van der Waals surface area contributed by atoms with Gasteiger partial charge in [0, 0.05) is 23.0 Å². The monoisotopic (exact) mass is 282 g/mol. The molecule has 1 fully saturated rings. The van der Waals surface area contributed by atoms with Gasteiger partial charge in [-0.05, 0) is 47.6 Å². The second-order valence-electron chi connectivity index (χ2n) is 6.59. The van der Waals surface area contributed by atoms with E-state index in [4.69, 9.17) is 4.74 Å². The largest absolute Gasteiger partial charge is 0.369 e. The van der Waals surface area contributed by atoms with Crippen molar-refractivity contribution in [1.82, 2.24) is 10.3 Å². The standard InChI is InChI=1S/C15H26N2OS/c1-7-16-13(12-9-17-10(2)19-12)11-8-14(3,4)18-15(11,5)6/h9,11,13,16H,7-8H2,1-6H3. The van der Waals surface area contributed by atoms with Gasteiger partial charge in [-0.15, -0.1) is 11.3 Å². The number of hydrogen-bond donors (Lipinski definition) is 1. The molecule has 4 heteroatoms. The molecule has 108 valence electrons. The number of rotatable bonds is 4. The van der Waals surface area contributed by atoms with Crippen molar-refractivity contribution in [3.05, 3.63) is 16.1 Å². The molecular formula is C15H26N2OS. The van der Waals surface area contributed by atoms with Crippen LogP contribution in [0.3, 0.4) is 0 Å². The van der Waals surface area contributed by atoms with E-state index in [0.717, 1.165) is 18.0 Å². The summed E-state index contributed by atoms with van der Waals surface area (Å²) in [5.74, 6) is 0.474. The predicted molar refractivity (Wildman–Crippen MR) is 80.6 cm³/mol. The molecule has 0 aromatic carbocycles. The van der Waals surface area contributed by atoms with Crippen molar-refractivity contribution in [2.75, 3.05) is 6.54 Å². The molecule has 3 nitrogen and oxygen atoms in total. The van der Waals surface area contributed by atoms with Gasteiger partial charge in [-0.25, -0.2) is 4.98 Å². The van der Waals surface area contributed by atoms with Crippen molar-refractivity contribution >= 4 is 11.3 Å². The second kappa shape index (κ2) is 5.15. The van der Waals surface area contributed by atoms with Gasteiger partial charge >= 0.3 is 0 Å². The van der Waals surface area contributed by atoms with Crippen molar-refractivity contribution in [3.8, 4) is 0 Å². The fourth-order valence-electron chi connectivity index (χ4n) is 3.31. The predicted octanol–water partition coefficient (Wildman–Crippen LogP) is 3.70. The van der Waals surface area contributed by atoms with Gasteiger partial charge in [-0.3, -0.25) is 0 Å². The molecular weight excluding hydrogens is 256 g/mol. The van der Waals surface area contributed by atoms with Crippen LogP contribution in [-0.4, -0.2) is 22.7 Å². The molecule has 2 rings (SSSR count).